The maximum atomic E-state index is 10.8. The number of aliphatic carboxylic acids is 2. The number of carboxylic acid groups (broad SMARTS) is 2. The van der Waals surface area contributed by atoms with Gasteiger partial charge < -0.3 is 20.1 Å². The number of rotatable bonds is 9. The van der Waals surface area contributed by atoms with Crippen molar-refractivity contribution in [3.05, 3.63) is 0 Å². The molecular formula is C18H33BrK3O8PS6. The van der Waals surface area contributed by atoms with Gasteiger partial charge in [0.15, 0.2) is 0 Å². The fourth-order valence-corrected chi connectivity index (χ4v) is 4.14. The first kappa shape index (κ1) is 58.1. The normalized spacial score (nSPS) is 9.00. The molecule has 0 aromatic heterocycles. The standard InChI is InChI=1S/C9H16O2S3.C4H7BrO2.C4H10S.CS2.3K.HO4P/c1-4-5-6-13-8(12)14-9(2,3)7(10)11;1-4(2,5)3(6)7;1-2-3-4-5;2-1-3;;;;1-4-5(2)3/h4-6H2,1-3H3,(H,10,11);1-2H3,(H,6,7);5H,2-4H2,1H3;;;;;1H/q;;;;;;+1;/p-1. The van der Waals surface area contributed by atoms with Crippen LogP contribution in [0.15, 0.2) is 0 Å². The van der Waals surface area contributed by atoms with E-state index in [4.69, 9.17) is 36.8 Å². The second kappa shape index (κ2) is 43.6. The summed E-state index contributed by atoms with van der Waals surface area (Å²) < 4.78 is 21.3. The summed E-state index contributed by atoms with van der Waals surface area (Å²) in [5, 5.41) is 25.6. The molecule has 0 aromatic rings. The number of thioether (sulfide) groups is 2. The zero-order chi connectivity index (χ0) is 30.4. The zero-order valence-electron chi connectivity index (χ0n) is 22.9. The first-order chi connectivity index (χ1) is 16.4. The molecule has 19 heteroatoms. The van der Waals surface area contributed by atoms with Gasteiger partial charge in [0.1, 0.15) is 12.6 Å². The third-order valence-corrected chi connectivity index (χ3v) is 6.22. The number of carbonyl (C=O) groups is 2. The van der Waals surface area contributed by atoms with E-state index in [2.05, 4.69) is 71.5 Å². The Balaban J connectivity index is -0.0000000662. The summed E-state index contributed by atoms with van der Waals surface area (Å²) in [6.45, 7) is 10.8. The summed E-state index contributed by atoms with van der Waals surface area (Å²) in [7, 11) is -3.15. The summed E-state index contributed by atoms with van der Waals surface area (Å²) in [5.41, 5.74) is 0. The van der Waals surface area contributed by atoms with E-state index in [1.807, 2.05) is 4.31 Å². The summed E-state index contributed by atoms with van der Waals surface area (Å²) in [6.07, 6.45) is 4.79. The first-order valence-electron chi connectivity index (χ1n) is 10.5. The van der Waals surface area contributed by atoms with Gasteiger partial charge in [0.2, 0.25) is 0 Å². The van der Waals surface area contributed by atoms with Crippen molar-refractivity contribution < 1.29 is 90.2 Å². The Morgan fingerprint density at radius 3 is 1.57 bits per heavy atom. The summed E-state index contributed by atoms with van der Waals surface area (Å²) in [6, 6.07) is 0. The van der Waals surface area contributed by atoms with E-state index in [0.717, 1.165) is 27.9 Å². The van der Waals surface area contributed by atoms with E-state index in [0.29, 0.717) is 0 Å². The fraction of sp³-hybridized carbons (Fsp3) is 0.778. The molecule has 0 spiro atoms. The van der Waals surface area contributed by atoms with Gasteiger partial charge in [0, 0.05) is 4.31 Å². The van der Waals surface area contributed by atoms with Crippen molar-refractivity contribution in [2.45, 2.75) is 76.3 Å². The van der Waals surface area contributed by atoms with Crippen LogP contribution >= 0.6 is 96.6 Å². The zero-order valence-corrected chi connectivity index (χ0v) is 39.7. The van der Waals surface area contributed by atoms with Crippen molar-refractivity contribution in [3.63, 3.8) is 0 Å². The van der Waals surface area contributed by atoms with Gasteiger partial charge in [-0.3, -0.25) is 9.59 Å². The molecule has 0 amide bonds. The number of hydrogen-bond acceptors (Lipinski definition) is 12. The molecule has 0 atom stereocenters. The SMILES string of the molecule is CC(C)(Br)C(=O)O.CCCCS.CCCCSC(=S)SC(C)(C)C(=O)O.O=P(=O)O[O-].S=C=S.[K+].[K][K]. The Bertz CT molecular complexity index is 654. The molecule has 0 aromatic carbocycles. The molecule has 0 unspecified atom stereocenters. The van der Waals surface area contributed by atoms with Gasteiger partial charge >= 0.3 is 134 Å². The van der Waals surface area contributed by atoms with Crippen molar-refractivity contribution in [1.82, 2.24) is 0 Å². The number of alkyl halides is 1. The van der Waals surface area contributed by atoms with E-state index in [1.165, 1.54) is 87.8 Å². The topological polar surface area (TPSA) is 141 Å². The number of halogens is 1. The molecule has 8 nitrogen and oxygen atoms in total. The van der Waals surface area contributed by atoms with Crippen LogP contribution in [-0.4, -0.2) is 114 Å². The van der Waals surface area contributed by atoms with E-state index in [-0.39, 0.29) is 51.4 Å². The fourth-order valence-electron chi connectivity index (χ4n) is 0.739. The summed E-state index contributed by atoms with van der Waals surface area (Å²) in [5.74, 6) is 0.364. The average molecular weight is 798 g/mol. The predicted octanol–water partition coefficient (Wildman–Crippen LogP) is 2.99. The van der Waals surface area contributed by atoms with Gasteiger partial charge in [0.05, 0.1) is 0 Å². The molecule has 0 rings (SSSR count). The number of carboxylic acids is 2. The van der Waals surface area contributed by atoms with E-state index in [9.17, 15) is 9.59 Å². The van der Waals surface area contributed by atoms with Crippen LogP contribution in [0.4, 0.5) is 0 Å². The number of thiocarbonyl (C=S) groups is 3. The molecule has 0 saturated heterocycles. The van der Waals surface area contributed by atoms with Crippen LogP contribution in [0.25, 0.3) is 0 Å². The van der Waals surface area contributed by atoms with Crippen molar-refractivity contribution in [1.29, 1.82) is 0 Å². The van der Waals surface area contributed by atoms with E-state index < -0.39 is 28.9 Å². The number of hydrogen-bond donors (Lipinski definition) is 3. The van der Waals surface area contributed by atoms with E-state index in [1.54, 1.807) is 39.5 Å². The van der Waals surface area contributed by atoms with Crippen LogP contribution < -0.4 is 56.6 Å². The number of unbranched alkanes of at least 4 members (excludes halogenated alkanes) is 2. The molecule has 0 fully saturated rings. The summed E-state index contributed by atoms with van der Waals surface area (Å²) in [4.78, 5) is 20.8. The van der Waals surface area contributed by atoms with Gasteiger partial charge in [0.25, 0.3) is 0 Å². The van der Waals surface area contributed by atoms with E-state index >= 15 is 0 Å². The van der Waals surface area contributed by atoms with Gasteiger partial charge in [-0.1, -0.05) is 66.6 Å². The molecule has 0 bridgehead atoms. The molecule has 0 radical (unpaired) electrons. The third kappa shape index (κ3) is 65.3. The molecule has 37 heavy (non-hydrogen) atoms. The minimum absolute atomic E-state index is 0. The van der Waals surface area contributed by atoms with Crippen molar-refractivity contribution in [3.8, 4) is 0 Å². The molecule has 0 saturated carbocycles. The van der Waals surface area contributed by atoms with Crippen LogP contribution in [-0.2, 0) is 23.4 Å². The molecule has 0 heterocycles. The quantitative estimate of drug-likeness (QED) is 0.0461. The third-order valence-electron chi connectivity index (χ3n) is 2.65. The predicted molar refractivity (Wildman–Crippen MR) is 170 cm³/mol. The Hall–Kier alpha value is 5.51. The van der Waals surface area contributed by atoms with Crippen LogP contribution in [0.3, 0.4) is 0 Å². The summed E-state index contributed by atoms with van der Waals surface area (Å²) >= 11 is 25.3. The molecule has 204 valence electrons. The Kier molecular flexibility index (Phi) is 68.5. The van der Waals surface area contributed by atoms with Crippen LogP contribution in [0, 0.1) is 0 Å². The molecule has 0 aliphatic rings. The van der Waals surface area contributed by atoms with Gasteiger partial charge in [-0.25, -0.2) is 9.13 Å². The average Bonchev–Trinajstić information content (AvgIpc) is 2.76. The Morgan fingerprint density at radius 2 is 1.41 bits per heavy atom. The Morgan fingerprint density at radius 1 is 1.08 bits per heavy atom. The number of thiol groups is 1. The Labute approximate surface area is 348 Å². The van der Waals surface area contributed by atoms with Crippen LogP contribution in [0.5, 0.6) is 0 Å². The maximum absolute atomic E-state index is 10.8. The van der Waals surface area contributed by atoms with Gasteiger partial charge in [-0.05, 0) is 76.5 Å². The first-order valence-corrected chi connectivity index (χ1v) is 32.1. The van der Waals surface area contributed by atoms with Crippen LogP contribution in [0.2, 0.25) is 0 Å². The molecule has 2 N–H and O–H groups in total. The molecular weight excluding hydrogens is 765 g/mol. The second-order valence-corrected chi connectivity index (χ2v) is 14.2. The van der Waals surface area contributed by atoms with Crippen molar-refractivity contribution >= 4 is 180 Å². The van der Waals surface area contributed by atoms with Crippen molar-refractivity contribution in [2.75, 3.05) is 11.5 Å². The van der Waals surface area contributed by atoms with Gasteiger partial charge in [-0.2, -0.15) is 12.6 Å². The van der Waals surface area contributed by atoms with Crippen LogP contribution in [0.1, 0.15) is 67.2 Å². The monoisotopic (exact) mass is 796 g/mol. The van der Waals surface area contributed by atoms with Crippen molar-refractivity contribution in [2.24, 2.45) is 0 Å². The molecule has 0 aliphatic carbocycles. The van der Waals surface area contributed by atoms with Gasteiger partial charge in [-0.15, -0.1) is 11.8 Å². The second-order valence-electron chi connectivity index (χ2n) is 6.61. The molecule has 0 aliphatic heterocycles. The minimum atomic E-state index is -3.15.